The van der Waals surface area contributed by atoms with E-state index in [0.717, 1.165) is 24.5 Å². The second-order valence-electron chi connectivity index (χ2n) is 5.97. The number of nitrogens with zero attached hydrogens (tertiary/aromatic N) is 1. The van der Waals surface area contributed by atoms with Gasteiger partial charge in [-0.2, -0.15) is 4.31 Å². The summed E-state index contributed by atoms with van der Waals surface area (Å²) in [6.45, 7) is 2.84. The van der Waals surface area contributed by atoms with Crippen LogP contribution in [0.25, 0.3) is 0 Å². The standard InChI is InChI=1S/C13H19FN2O4S2.ClH/c1-13(8-15)5-6-16(9-13)22(19,20)10-3-4-12(11(14)7-10)21(2,17)18;/h3-4,7H,5-6,8-9,15H2,1-2H3;1H. The number of hydrogen-bond acceptors (Lipinski definition) is 5. The van der Waals surface area contributed by atoms with Crippen LogP contribution in [0.4, 0.5) is 4.39 Å². The molecular weight excluding hydrogens is 367 g/mol. The Labute approximate surface area is 142 Å². The van der Waals surface area contributed by atoms with Crippen LogP contribution >= 0.6 is 12.4 Å². The van der Waals surface area contributed by atoms with E-state index in [1.165, 1.54) is 4.31 Å². The quantitative estimate of drug-likeness (QED) is 0.832. The molecule has 1 fully saturated rings. The molecule has 0 bridgehead atoms. The number of sulfone groups is 1. The molecule has 1 aromatic rings. The lowest BCUT2D eigenvalue weighted by molar-refractivity contribution is 0.349. The van der Waals surface area contributed by atoms with Gasteiger partial charge in [0.15, 0.2) is 9.84 Å². The van der Waals surface area contributed by atoms with Gasteiger partial charge in [0.2, 0.25) is 10.0 Å². The van der Waals surface area contributed by atoms with Crippen LogP contribution in [-0.2, 0) is 19.9 Å². The maximum absolute atomic E-state index is 13.9. The minimum absolute atomic E-state index is 0. The molecule has 10 heteroatoms. The summed E-state index contributed by atoms with van der Waals surface area (Å²) in [6, 6.07) is 2.85. The van der Waals surface area contributed by atoms with Gasteiger partial charge in [0, 0.05) is 19.3 Å². The van der Waals surface area contributed by atoms with Gasteiger partial charge < -0.3 is 5.73 Å². The summed E-state index contributed by atoms with van der Waals surface area (Å²) in [4.78, 5) is -0.765. The minimum Gasteiger partial charge on any atom is -0.330 e. The van der Waals surface area contributed by atoms with Crippen LogP contribution in [-0.4, -0.2) is 47.0 Å². The molecule has 2 rings (SSSR count). The molecule has 0 spiro atoms. The van der Waals surface area contributed by atoms with Gasteiger partial charge in [-0.25, -0.2) is 21.2 Å². The van der Waals surface area contributed by atoms with Crippen molar-refractivity contribution < 1.29 is 21.2 Å². The molecule has 0 radical (unpaired) electrons. The van der Waals surface area contributed by atoms with Crippen LogP contribution in [0.3, 0.4) is 0 Å². The number of sulfonamides is 1. The first-order chi connectivity index (χ1) is 9.99. The van der Waals surface area contributed by atoms with Gasteiger partial charge in [0.1, 0.15) is 10.7 Å². The summed E-state index contributed by atoms with van der Waals surface area (Å²) in [5.41, 5.74) is 5.36. The van der Waals surface area contributed by atoms with E-state index in [1.807, 2.05) is 6.92 Å². The molecule has 0 aromatic heterocycles. The van der Waals surface area contributed by atoms with Crippen molar-refractivity contribution in [2.24, 2.45) is 11.1 Å². The summed E-state index contributed by atoms with van der Waals surface area (Å²) >= 11 is 0. The highest BCUT2D eigenvalue weighted by Crippen LogP contribution is 2.33. The SMILES string of the molecule is CC1(CN)CCN(S(=O)(=O)c2ccc(S(C)(=O)=O)c(F)c2)C1.Cl. The number of hydrogen-bond donors (Lipinski definition) is 1. The Hall–Kier alpha value is -0.740. The first kappa shape index (κ1) is 20.3. The summed E-state index contributed by atoms with van der Waals surface area (Å²) in [7, 11) is -7.60. The zero-order chi connectivity index (χ0) is 16.8. The molecule has 132 valence electrons. The highest BCUT2D eigenvalue weighted by molar-refractivity contribution is 7.90. The average molecular weight is 387 g/mol. The van der Waals surface area contributed by atoms with Crippen molar-refractivity contribution in [3.63, 3.8) is 0 Å². The molecule has 1 unspecified atom stereocenters. The van der Waals surface area contributed by atoms with Gasteiger partial charge in [-0.1, -0.05) is 6.92 Å². The van der Waals surface area contributed by atoms with Crippen molar-refractivity contribution >= 4 is 32.3 Å². The predicted molar refractivity (Wildman–Crippen MR) is 87.3 cm³/mol. The van der Waals surface area contributed by atoms with Gasteiger partial charge in [0.05, 0.1) is 4.90 Å². The molecule has 1 atom stereocenters. The molecule has 6 nitrogen and oxygen atoms in total. The van der Waals surface area contributed by atoms with E-state index in [9.17, 15) is 21.2 Å². The van der Waals surface area contributed by atoms with Crippen LogP contribution in [0.1, 0.15) is 13.3 Å². The Balaban J connectivity index is 0.00000264. The molecule has 1 aliphatic rings. The molecular formula is C13H20ClFN2O4S2. The van der Waals surface area contributed by atoms with Crippen LogP contribution < -0.4 is 5.73 Å². The molecule has 1 aliphatic heterocycles. The Kier molecular flexibility index (Phi) is 5.86. The topological polar surface area (TPSA) is 97.5 Å². The van der Waals surface area contributed by atoms with Crippen molar-refractivity contribution in [1.29, 1.82) is 0 Å². The molecule has 0 aliphatic carbocycles. The first-order valence-corrected chi connectivity index (χ1v) is 10.0. The van der Waals surface area contributed by atoms with E-state index in [-0.39, 0.29) is 29.3 Å². The van der Waals surface area contributed by atoms with Crippen molar-refractivity contribution in [3.8, 4) is 0 Å². The van der Waals surface area contributed by atoms with Crippen molar-refractivity contribution in [1.82, 2.24) is 4.31 Å². The summed E-state index contributed by atoms with van der Waals surface area (Å²) in [5, 5.41) is 0. The lowest BCUT2D eigenvalue weighted by Gasteiger charge is -2.22. The third-order valence-electron chi connectivity index (χ3n) is 3.96. The smallest absolute Gasteiger partial charge is 0.243 e. The second-order valence-corrected chi connectivity index (χ2v) is 9.89. The highest BCUT2D eigenvalue weighted by atomic mass is 35.5. The van der Waals surface area contributed by atoms with Gasteiger partial charge in [0.25, 0.3) is 0 Å². The van der Waals surface area contributed by atoms with Crippen molar-refractivity contribution in [2.75, 3.05) is 25.9 Å². The van der Waals surface area contributed by atoms with E-state index >= 15 is 0 Å². The summed E-state index contributed by atoms with van der Waals surface area (Å²) in [6.07, 6.45) is 1.50. The van der Waals surface area contributed by atoms with Gasteiger partial charge in [-0.15, -0.1) is 12.4 Å². The van der Waals surface area contributed by atoms with E-state index in [2.05, 4.69) is 0 Å². The Bertz CT molecular complexity index is 798. The van der Waals surface area contributed by atoms with Crippen LogP contribution in [0.15, 0.2) is 28.0 Å². The number of nitrogens with two attached hydrogens (primary N) is 1. The van der Waals surface area contributed by atoms with Crippen molar-refractivity contribution in [2.45, 2.75) is 23.1 Å². The zero-order valence-corrected chi connectivity index (χ0v) is 15.3. The lowest BCUT2D eigenvalue weighted by Crippen LogP contribution is -2.34. The monoisotopic (exact) mass is 386 g/mol. The normalized spacial score (nSPS) is 22.8. The lowest BCUT2D eigenvalue weighted by atomic mass is 9.90. The van der Waals surface area contributed by atoms with E-state index in [4.69, 9.17) is 5.73 Å². The third-order valence-corrected chi connectivity index (χ3v) is 6.93. The molecule has 1 heterocycles. The number of rotatable bonds is 4. The Morgan fingerprint density at radius 1 is 1.30 bits per heavy atom. The maximum Gasteiger partial charge on any atom is 0.243 e. The van der Waals surface area contributed by atoms with Crippen LogP contribution in [0.2, 0.25) is 0 Å². The molecule has 0 saturated carbocycles. The van der Waals surface area contributed by atoms with Gasteiger partial charge in [-0.3, -0.25) is 0 Å². The number of halogens is 2. The fraction of sp³-hybridized carbons (Fsp3) is 0.538. The third kappa shape index (κ3) is 4.03. The predicted octanol–water partition coefficient (Wildman–Crippen LogP) is 1.01. The summed E-state index contributed by atoms with van der Waals surface area (Å²) < 4.78 is 63.0. The molecule has 2 N–H and O–H groups in total. The van der Waals surface area contributed by atoms with Crippen molar-refractivity contribution in [3.05, 3.63) is 24.0 Å². The fourth-order valence-electron chi connectivity index (χ4n) is 2.44. The molecule has 0 amide bonds. The van der Waals surface area contributed by atoms with Gasteiger partial charge in [-0.05, 0) is 36.6 Å². The Morgan fingerprint density at radius 2 is 1.91 bits per heavy atom. The second kappa shape index (κ2) is 6.64. The minimum atomic E-state index is -3.86. The van der Waals surface area contributed by atoms with Crippen LogP contribution in [0, 0.1) is 11.2 Å². The molecule has 23 heavy (non-hydrogen) atoms. The van der Waals surface area contributed by atoms with E-state index in [0.29, 0.717) is 19.5 Å². The number of benzene rings is 1. The maximum atomic E-state index is 13.9. The zero-order valence-electron chi connectivity index (χ0n) is 12.8. The van der Waals surface area contributed by atoms with E-state index in [1.54, 1.807) is 0 Å². The van der Waals surface area contributed by atoms with Gasteiger partial charge >= 0.3 is 0 Å². The Morgan fingerprint density at radius 3 is 2.35 bits per heavy atom. The summed E-state index contributed by atoms with van der Waals surface area (Å²) in [5.74, 6) is -1.07. The largest absolute Gasteiger partial charge is 0.330 e. The molecule has 1 aromatic carbocycles. The fourth-order valence-corrected chi connectivity index (χ4v) is 4.77. The average Bonchev–Trinajstić information content (AvgIpc) is 2.81. The van der Waals surface area contributed by atoms with Crippen LogP contribution in [0.5, 0.6) is 0 Å². The highest BCUT2D eigenvalue weighted by Gasteiger charge is 2.39. The molecule has 1 saturated heterocycles. The van der Waals surface area contributed by atoms with E-state index < -0.39 is 30.6 Å². The first-order valence-electron chi connectivity index (χ1n) is 6.69.